The topological polar surface area (TPSA) is 110 Å². The first kappa shape index (κ1) is 15.7. The van der Waals surface area contributed by atoms with Crippen LogP contribution in [-0.2, 0) is 4.79 Å². The smallest absolute Gasteiger partial charge is 0.309 e. The standard InChI is InChI=1S/C14H25NO5/c16-10-2-4-12(17)8(5-10)7-15-9-1-3-13(18)11(6-9)14(19)20/h8-13,15-18H,1-7H2,(H,19,20). The molecule has 0 aliphatic heterocycles. The summed E-state index contributed by atoms with van der Waals surface area (Å²) in [5, 5.41) is 41.6. The molecule has 2 aliphatic rings. The van der Waals surface area contributed by atoms with E-state index in [9.17, 15) is 20.1 Å². The molecule has 0 amide bonds. The van der Waals surface area contributed by atoms with Gasteiger partial charge in [0, 0.05) is 12.6 Å². The van der Waals surface area contributed by atoms with Crippen molar-refractivity contribution >= 4 is 5.97 Å². The Balaban J connectivity index is 1.80. The van der Waals surface area contributed by atoms with E-state index in [1.807, 2.05) is 0 Å². The van der Waals surface area contributed by atoms with Crippen molar-refractivity contribution in [2.24, 2.45) is 11.8 Å². The molecule has 6 nitrogen and oxygen atoms in total. The van der Waals surface area contributed by atoms with E-state index in [2.05, 4.69) is 5.32 Å². The van der Waals surface area contributed by atoms with Crippen molar-refractivity contribution in [3.05, 3.63) is 0 Å². The maximum absolute atomic E-state index is 11.1. The second kappa shape index (κ2) is 6.85. The Labute approximate surface area is 118 Å². The zero-order valence-electron chi connectivity index (χ0n) is 11.6. The van der Waals surface area contributed by atoms with Crippen molar-refractivity contribution in [1.29, 1.82) is 0 Å². The summed E-state index contributed by atoms with van der Waals surface area (Å²) in [5.41, 5.74) is 0. The molecule has 0 aromatic rings. The summed E-state index contributed by atoms with van der Waals surface area (Å²) < 4.78 is 0. The van der Waals surface area contributed by atoms with Gasteiger partial charge >= 0.3 is 5.97 Å². The summed E-state index contributed by atoms with van der Waals surface area (Å²) in [6, 6.07) is 0.0609. The van der Waals surface area contributed by atoms with Crippen LogP contribution in [-0.4, -0.2) is 57.3 Å². The molecule has 116 valence electrons. The third kappa shape index (κ3) is 3.91. The van der Waals surface area contributed by atoms with Crippen LogP contribution < -0.4 is 5.32 Å². The van der Waals surface area contributed by atoms with Crippen LogP contribution in [0.4, 0.5) is 0 Å². The lowest BCUT2D eigenvalue weighted by Gasteiger charge is -2.35. The normalized spacial score (nSPS) is 42.4. The van der Waals surface area contributed by atoms with Gasteiger partial charge in [-0.1, -0.05) is 0 Å². The number of aliphatic hydroxyl groups excluding tert-OH is 3. The second-order valence-corrected chi connectivity index (χ2v) is 6.22. The van der Waals surface area contributed by atoms with E-state index in [-0.39, 0.29) is 18.1 Å². The number of carboxylic acid groups (broad SMARTS) is 1. The molecule has 2 fully saturated rings. The number of carbonyl (C=O) groups is 1. The van der Waals surface area contributed by atoms with Crippen LogP contribution in [0.1, 0.15) is 38.5 Å². The Bertz CT molecular complexity index is 338. The van der Waals surface area contributed by atoms with E-state index in [1.54, 1.807) is 0 Å². The highest BCUT2D eigenvalue weighted by Crippen LogP contribution is 2.27. The first-order valence-electron chi connectivity index (χ1n) is 7.47. The number of hydrogen-bond acceptors (Lipinski definition) is 5. The lowest BCUT2D eigenvalue weighted by molar-refractivity contribution is -0.147. The Hall–Kier alpha value is -0.690. The molecule has 6 unspecified atom stereocenters. The molecule has 2 rings (SSSR count). The van der Waals surface area contributed by atoms with Crippen LogP contribution in [0.25, 0.3) is 0 Å². The first-order chi connectivity index (χ1) is 9.47. The molecule has 0 aromatic heterocycles. The largest absolute Gasteiger partial charge is 0.481 e. The van der Waals surface area contributed by atoms with E-state index in [4.69, 9.17) is 5.11 Å². The average molecular weight is 287 g/mol. The molecule has 0 bridgehead atoms. The lowest BCUT2D eigenvalue weighted by atomic mass is 9.82. The minimum absolute atomic E-state index is 0.0221. The van der Waals surface area contributed by atoms with Crippen LogP contribution in [0.15, 0.2) is 0 Å². The van der Waals surface area contributed by atoms with E-state index in [1.165, 1.54) is 0 Å². The van der Waals surface area contributed by atoms with Crippen LogP contribution in [0, 0.1) is 11.8 Å². The van der Waals surface area contributed by atoms with Crippen molar-refractivity contribution < 1.29 is 25.2 Å². The Morgan fingerprint density at radius 1 is 1.00 bits per heavy atom. The lowest BCUT2D eigenvalue weighted by Crippen LogP contribution is -2.46. The van der Waals surface area contributed by atoms with Crippen molar-refractivity contribution in [3.63, 3.8) is 0 Å². The highest BCUT2D eigenvalue weighted by Gasteiger charge is 2.35. The zero-order valence-corrected chi connectivity index (χ0v) is 11.6. The maximum Gasteiger partial charge on any atom is 0.309 e. The molecule has 0 heterocycles. The molecular formula is C14H25NO5. The third-order valence-corrected chi connectivity index (χ3v) is 4.71. The molecule has 5 N–H and O–H groups in total. The Kier molecular flexibility index (Phi) is 5.37. The summed E-state index contributed by atoms with van der Waals surface area (Å²) in [5.74, 6) is -1.63. The minimum Gasteiger partial charge on any atom is -0.481 e. The molecule has 0 aromatic carbocycles. The molecule has 0 saturated heterocycles. The first-order valence-corrected chi connectivity index (χ1v) is 7.47. The van der Waals surface area contributed by atoms with Gasteiger partial charge in [-0.05, 0) is 44.4 Å². The summed E-state index contributed by atoms with van der Waals surface area (Å²) in [7, 11) is 0. The zero-order chi connectivity index (χ0) is 14.7. The van der Waals surface area contributed by atoms with Crippen molar-refractivity contribution in [2.45, 2.75) is 62.9 Å². The van der Waals surface area contributed by atoms with E-state index in [0.29, 0.717) is 38.6 Å². The Morgan fingerprint density at radius 2 is 1.70 bits per heavy atom. The summed E-state index contributed by atoms with van der Waals surface area (Å²) in [4.78, 5) is 11.1. The van der Waals surface area contributed by atoms with Gasteiger partial charge in [-0.15, -0.1) is 0 Å². The van der Waals surface area contributed by atoms with E-state index >= 15 is 0 Å². The van der Waals surface area contributed by atoms with Gasteiger partial charge in [0.25, 0.3) is 0 Å². The minimum atomic E-state index is -0.947. The SMILES string of the molecule is O=C(O)C1CC(NCC2CC(O)CCC2O)CCC1O. The maximum atomic E-state index is 11.1. The highest BCUT2D eigenvalue weighted by atomic mass is 16.4. The van der Waals surface area contributed by atoms with Gasteiger partial charge in [-0.3, -0.25) is 4.79 Å². The molecule has 2 aliphatic carbocycles. The number of hydrogen-bond donors (Lipinski definition) is 5. The van der Waals surface area contributed by atoms with Crippen LogP contribution in [0.2, 0.25) is 0 Å². The second-order valence-electron chi connectivity index (χ2n) is 6.22. The molecule has 6 atom stereocenters. The van der Waals surface area contributed by atoms with Crippen LogP contribution in [0.3, 0.4) is 0 Å². The fraction of sp³-hybridized carbons (Fsp3) is 0.929. The number of nitrogens with one attached hydrogen (secondary N) is 1. The number of aliphatic hydroxyl groups is 3. The highest BCUT2D eigenvalue weighted by molar-refractivity contribution is 5.70. The molecule has 6 heteroatoms. The fourth-order valence-corrected chi connectivity index (χ4v) is 3.37. The molecule has 0 spiro atoms. The predicted molar refractivity (Wildman–Crippen MR) is 72.1 cm³/mol. The third-order valence-electron chi connectivity index (χ3n) is 4.71. The van der Waals surface area contributed by atoms with Gasteiger partial charge in [0.15, 0.2) is 0 Å². The van der Waals surface area contributed by atoms with Gasteiger partial charge < -0.3 is 25.7 Å². The van der Waals surface area contributed by atoms with Gasteiger partial charge in [0.2, 0.25) is 0 Å². The summed E-state index contributed by atoms with van der Waals surface area (Å²) in [6.07, 6.45) is 2.02. The average Bonchev–Trinajstić information content (AvgIpc) is 2.41. The monoisotopic (exact) mass is 287 g/mol. The van der Waals surface area contributed by atoms with Crippen LogP contribution in [0.5, 0.6) is 0 Å². The molecule has 0 radical (unpaired) electrons. The quantitative estimate of drug-likeness (QED) is 0.486. The predicted octanol–water partition coefficient (Wildman–Crippen LogP) is -0.288. The van der Waals surface area contributed by atoms with E-state index in [0.717, 1.165) is 6.42 Å². The number of aliphatic carboxylic acids is 1. The number of carboxylic acids is 1. The van der Waals surface area contributed by atoms with Gasteiger partial charge in [0.05, 0.1) is 24.2 Å². The fourth-order valence-electron chi connectivity index (χ4n) is 3.37. The molecular weight excluding hydrogens is 262 g/mol. The van der Waals surface area contributed by atoms with Gasteiger partial charge in [-0.2, -0.15) is 0 Å². The van der Waals surface area contributed by atoms with Gasteiger partial charge in [0.1, 0.15) is 0 Å². The van der Waals surface area contributed by atoms with Gasteiger partial charge in [-0.25, -0.2) is 0 Å². The Morgan fingerprint density at radius 3 is 2.40 bits per heavy atom. The molecule has 2 saturated carbocycles. The van der Waals surface area contributed by atoms with Crippen molar-refractivity contribution in [2.75, 3.05) is 6.54 Å². The van der Waals surface area contributed by atoms with Crippen molar-refractivity contribution in [3.8, 4) is 0 Å². The summed E-state index contributed by atoms with van der Waals surface area (Å²) >= 11 is 0. The van der Waals surface area contributed by atoms with Crippen molar-refractivity contribution in [1.82, 2.24) is 5.32 Å². The summed E-state index contributed by atoms with van der Waals surface area (Å²) in [6.45, 7) is 0.589. The molecule has 20 heavy (non-hydrogen) atoms. The number of rotatable bonds is 4. The van der Waals surface area contributed by atoms with Crippen LogP contribution >= 0.6 is 0 Å². The van der Waals surface area contributed by atoms with E-state index < -0.39 is 24.1 Å².